The van der Waals surface area contributed by atoms with E-state index in [1.807, 2.05) is 37.3 Å². The lowest BCUT2D eigenvalue weighted by Gasteiger charge is -2.42. The van der Waals surface area contributed by atoms with Crippen molar-refractivity contribution in [2.75, 3.05) is 13.1 Å². The van der Waals surface area contributed by atoms with Gasteiger partial charge in [0.25, 0.3) is 5.91 Å². The van der Waals surface area contributed by atoms with Crippen LogP contribution in [0.15, 0.2) is 54.6 Å². The molecule has 8 heteroatoms. The molecule has 8 nitrogen and oxygen atoms in total. The molecule has 2 atom stereocenters. The third kappa shape index (κ3) is 6.68. The molecule has 0 spiro atoms. The topological polar surface area (TPSA) is 104 Å². The molecule has 0 unspecified atom stereocenters. The van der Waals surface area contributed by atoms with Crippen molar-refractivity contribution < 1.29 is 19.5 Å². The van der Waals surface area contributed by atoms with Gasteiger partial charge in [0.2, 0.25) is 5.91 Å². The highest BCUT2D eigenvalue weighted by Gasteiger charge is 2.34. The second-order valence-corrected chi connectivity index (χ2v) is 10.1. The SMILES string of the molecule is CCC(CC)N1CC[C@@H](CC(=O)NO)[C@H](NC(=O)c2ccc(OCc3cc(C)nc4ccccc34)cc2)C1. The van der Waals surface area contributed by atoms with Gasteiger partial charge in [-0.15, -0.1) is 0 Å². The van der Waals surface area contributed by atoms with Crippen LogP contribution in [0.2, 0.25) is 0 Å². The van der Waals surface area contributed by atoms with Crippen molar-refractivity contribution in [3.8, 4) is 5.75 Å². The molecular weight excluding hydrogens is 480 g/mol. The van der Waals surface area contributed by atoms with Crippen molar-refractivity contribution in [3.05, 3.63) is 71.4 Å². The van der Waals surface area contributed by atoms with E-state index >= 15 is 0 Å². The van der Waals surface area contributed by atoms with Crippen LogP contribution in [0.5, 0.6) is 5.75 Å². The van der Waals surface area contributed by atoms with Crippen molar-refractivity contribution >= 4 is 22.7 Å². The summed E-state index contributed by atoms with van der Waals surface area (Å²) >= 11 is 0. The summed E-state index contributed by atoms with van der Waals surface area (Å²) in [6, 6.07) is 17.4. The van der Waals surface area contributed by atoms with Gasteiger partial charge in [-0.2, -0.15) is 0 Å². The summed E-state index contributed by atoms with van der Waals surface area (Å²) in [5, 5.41) is 13.2. The molecule has 0 radical (unpaired) electrons. The Kier molecular flexibility index (Phi) is 9.31. The maximum atomic E-state index is 13.2. The predicted molar refractivity (Wildman–Crippen MR) is 147 cm³/mol. The fraction of sp³-hybridized carbons (Fsp3) is 0.433. The van der Waals surface area contributed by atoms with Crippen LogP contribution in [-0.2, 0) is 11.4 Å². The molecule has 202 valence electrons. The van der Waals surface area contributed by atoms with Crippen LogP contribution in [-0.4, -0.2) is 52.1 Å². The van der Waals surface area contributed by atoms with Crippen LogP contribution in [0.1, 0.15) is 61.1 Å². The number of hydrogen-bond donors (Lipinski definition) is 3. The molecule has 1 aliphatic rings. The van der Waals surface area contributed by atoms with Crippen LogP contribution in [0.4, 0.5) is 0 Å². The largest absolute Gasteiger partial charge is 0.489 e. The summed E-state index contributed by atoms with van der Waals surface area (Å²) in [7, 11) is 0. The number of rotatable bonds is 10. The minimum Gasteiger partial charge on any atom is -0.489 e. The monoisotopic (exact) mass is 518 g/mol. The number of likely N-dealkylation sites (tertiary alicyclic amines) is 1. The Balaban J connectivity index is 1.41. The maximum Gasteiger partial charge on any atom is 0.251 e. The van der Waals surface area contributed by atoms with Gasteiger partial charge in [-0.3, -0.25) is 24.7 Å². The van der Waals surface area contributed by atoms with Crippen molar-refractivity contribution in [2.45, 2.75) is 65.1 Å². The van der Waals surface area contributed by atoms with E-state index in [2.05, 4.69) is 29.0 Å². The van der Waals surface area contributed by atoms with Gasteiger partial charge in [0, 0.05) is 47.3 Å². The lowest BCUT2D eigenvalue weighted by atomic mass is 9.87. The van der Waals surface area contributed by atoms with E-state index in [0.717, 1.165) is 48.0 Å². The highest BCUT2D eigenvalue weighted by atomic mass is 16.5. The molecule has 0 aliphatic carbocycles. The summed E-state index contributed by atoms with van der Waals surface area (Å²) in [5.74, 6) is 0.0233. The number of aromatic nitrogens is 1. The van der Waals surface area contributed by atoms with E-state index in [4.69, 9.17) is 9.94 Å². The van der Waals surface area contributed by atoms with E-state index < -0.39 is 5.91 Å². The molecule has 3 aromatic rings. The molecule has 2 aromatic carbocycles. The Bertz CT molecular complexity index is 1240. The van der Waals surface area contributed by atoms with Crippen LogP contribution >= 0.6 is 0 Å². The zero-order chi connectivity index (χ0) is 27.1. The van der Waals surface area contributed by atoms with Crippen molar-refractivity contribution in [3.63, 3.8) is 0 Å². The molecule has 2 amide bonds. The Morgan fingerprint density at radius 3 is 2.58 bits per heavy atom. The first-order valence-electron chi connectivity index (χ1n) is 13.5. The summed E-state index contributed by atoms with van der Waals surface area (Å²) < 4.78 is 6.04. The Morgan fingerprint density at radius 2 is 1.87 bits per heavy atom. The number of nitrogens with one attached hydrogen (secondary N) is 2. The number of benzene rings is 2. The zero-order valence-corrected chi connectivity index (χ0v) is 22.4. The second-order valence-electron chi connectivity index (χ2n) is 10.1. The first-order chi connectivity index (χ1) is 18.4. The third-order valence-corrected chi connectivity index (χ3v) is 7.58. The number of fused-ring (bicyclic) bond motifs is 1. The molecule has 4 rings (SSSR count). The number of para-hydroxylation sites is 1. The quantitative estimate of drug-likeness (QED) is 0.267. The van der Waals surface area contributed by atoms with E-state index in [9.17, 15) is 9.59 Å². The standard InChI is InChI=1S/C30H38N4O4/c1-4-24(5-2)34-15-14-22(17-29(35)33-37)28(18-34)32-30(36)21-10-12-25(13-11-21)38-19-23-16-20(3)31-27-9-7-6-8-26(23)27/h6-13,16,22,24,28,37H,4-5,14-15,17-19H2,1-3H3,(H,32,36)(H,33,35)/t22-,28+/m0/s1. The number of carbonyl (C=O) groups is 2. The first kappa shape index (κ1) is 27.5. The van der Waals surface area contributed by atoms with E-state index in [1.54, 1.807) is 29.7 Å². The molecule has 1 saturated heterocycles. The molecular formula is C30H38N4O4. The molecule has 1 aliphatic heterocycles. The number of amides is 2. The summed E-state index contributed by atoms with van der Waals surface area (Å²) in [6.45, 7) is 8.28. The van der Waals surface area contributed by atoms with E-state index in [0.29, 0.717) is 30.5 Å². The number of carbonyl (C=O) groups excluding carboxylic acids is 2. The van der Waals surface area contributed by atoms with Crippen LogP contribution < -0.4 is 15.5 Å². The molecule has 1 aromatic heterocycles. The van der Waals surface area contributed by atoms with Gasteiger partial charge < -0.3 is 10.1 Å². The van der Waals surface area contributed by atoms with Gasteiger partial charge in [0.1, 0.15) is 12.4 Å². The minimum atomic E-state index is -0.427. The van der Waals surface area contributed by atoms with Crippen LogP contribution in [0.3, 0.4) is 0 Å². The third-order valence-electron chi connectivity index (χ3n) is 7.58. The number of piperidine rings is 1. The van der Waals surface area contributed by atoms with E-state index in [1.165, 1.54) is 0 Å². The number of hydrogen-bond acceptors (Lipinski definition) is 6. The normalized spacial score (nSPS) is 17.9. The van der Waals surface area contributed by atoms with Crippen molar-refractivity contribution in [1.29, 1.82) is 0 Å². The summed E-state index contributed by atoms with van der Waals surface area (Å²) in [5.41, 5.74) is 5.21. The number of ether oxygens (including phenoxy) is 1. The van der Waals surface area contributed by atoms with Gasteiger partial charge in [0.15, 0.2) is 0 Å². The average Bonchev–Trinajstić information content (AvgIpc) is 2.93. The highest BCUT2D eigenvalue weighted by Crippen LogP contribution is 2.25. The second kappa shape index (κ2) is 12.8. The van der Waals surface area contributed by atoms with Gasteiger partial charge in [-0.05, 0) is 75.0 Å². The maximum absolute atomic E-state index is 13.2. The Morgan fingerprint density at radius 1 is 1.13 bits per heavy atom. The Hall–Kier alpha value is -3.49. The number of aryl methyl sites for hydroxylation is 1. The predicted octanol–water partition coefficient (Wildman–Crippen LogP) is 4.63. The zero-order valence-electron chi connectivity index (χ0n) is 22.4. The number of hydroxylamine groups is 1. The van der Waals surface area contributed by atoms with Crippen molar-refractivity contribution in [1.82, 2.24) is 20.7 Å². The number of pyridine rings is 1. The molecule has 0 saturated carbocycles. The lowest BCUT2D eigenvalue weighted by Crippen LogP contribution is -2.55. The van der Waals surface area contributed by atoms with Gasteiger partial charge in [-0.25, -0.2) is 5.48 Å². The smallest absolute Gasteiger partial charge is 0.251 e. The molecule has 38 heavy (non-hydrogen) atoms. The Labute approximate surface area is 224 Å². The highest BCUT2D eigenvalue weighted by molar-refractivity contribution is 5.94. The van der Waals surface area contributed by atoms with E-state index in [-0.39, 0.29) is 24.3 Å². The average molecular weight is 519 g/mol. The fourth-order valence-corrected chi connectivity index (χ4v) is 5.48. The summed E-state index contributed by atoms with van der Waals surface area (Å²) in [6.07, 6.45) is 3.03. The number of nitrogens with zero attached hydrogens (tertiary/aromatic N) is 2. The first-order valence-corrected chi connectivity index (χ1v) is 13.5. The van der Waals surface area contributed by atoms with Gasteiger partial charge in [-0.1, -0.05) is 32.0 Å². The fourth-order valence-electron chi connectivity index (χ4n) is 5.48. The molecule has 1 fully saturated rings. The summed E-state index contributed by atoms with van der Waals surface area (Å²) in [4.78, 5) is 32.1. The van der Waals surface area contributed by atoms with Gasteiger partial charge in [0.05, 0.1) is 5.52 Å². The molecule has 3 N–H and O–H groups in total. The van der Waals surface area contributed by atoms with Crippen molar-refractivity contribution in [2.24, 2.45) is 5.92 Å². The molecule has 2 heterocycles. The van der Waals surface area contributed by atoms with Crippen LogP contribution in [0.25, 0.3) is 10.9 Å². The van der Waals surface area contributed by atoms with Crippen LogP contribution in [0, 0.1) is 12.8 Å². The molecule has 0 bridgehead atoms. The van der Waals surface area contributed by atoms with Gasteiger partial charge >= 0.3 is 0 Å². The minimum absolute atomic E-state index is 0.0436. The lowest BCUT2D eigenvalue weighted by molar-refractivity contribution is -0.130.